The molecule has 1 aromatic heterocycles. The van der Waals surface area contributed by atoms with Gasteiger partial charge in [0.1, 0.15) is 0 Å². The van der Waals surface area contributed by atoms with Gasteiger partial charge in [0, 0.05) is 6.04 Å². The predicted octanol–water partition coefficient (Wildman–Crippen LogP) is 2.17. The Hall–Kier alpha value is -1.96. The molecule has 7 nitrogen and oxygen atoms in total. The zero-order valence-corrected chi connectivity index (χ0v) is 16.6. The molecule has 1 aliphatic rings. The van der Waals surface area contributed by atoms with Crippen LogP contribution >= 0.6 is 12.4 Å². The van der Waals surface area contributed by atoms with Gasteiger partial charge in [-0.15, -0.1) is 17.5 Å². The summed E-state index contributed by atoms with van der Waals surface area (Å²) in [5.74, 6) is -0.240. The van der Waals surface area contributed by atoms with Gasteiger partial charge in [0.2, 0.25) is 0 Å². The van der Waals surface area contributed by atoms with Gasteiger partial charge in [-0.05, 0) is 51.8 Å². The Morgan fingerprint density at radius 2 is 2.00 bits per heavy atom. The van der Waals surface area contributed by atoms with Crippen molar-refractivity contribution in [1.29, 1.82) is 0 Å². The third-order valence-electron chi connectivity index (χ3n) is 4.94. The topological polar surface area (TPSA) is 92.1 Å². The van der Waals surface area contributed by atoms with Crippen LogP contribution in [0.4, 0.5) is 0 Å². The quantitative estimate of drug-likeness (QED) is 0.699. The van der Waals surface area contributed by atoms with Crippen molar-refractivity contribution in [2.24, 2.45) is 0 Å². The molecule has 0 bridgehead atoms. The molecule has 3 rings (SSSR count). The van der Waals surface area contributed by atoms with Crippen molar-refractivity contribution in [2.75, 3.05) is 13.1 Å². The van der Waals surface area contributed by atoms with Gasteiger partial charge in [-0.25, -0.2) is 4.68 Å². The summed E-state index contributed by atoms with van der Waals surface area (Å²) >= 11 is 0. The number of nitrogens with one attached hydrogen (secondary N) is 2. The van der Waals surface area contributed by atoms with E-state index < -0.39 is 6.10 Å². The lowest BCUT2D eigenvalue weighted by atomic mass is 10.0. The van der Waals surface area contributed by atoms with Crippen LogP contribution in [0.15, 0.2) is 30.3 Å². The molecule has 0 radical (unpaired) electrons. The number of carbonyl (C=O) groups excluding carboxylic acids is 1. The average Bonchev–Trinajstić information content (AvgIpc) is 3.04. The molecule has 0 aliphatic carbocycles. The van der Waals surface area contributed by atoms with Crippen LogP contribution in [-0.4, -0.2) is 45.1 Å². The average molecular weight is 394 g/mol. The lowest BCUT2D eigenvalue weighted by Crippen LogP contribution is -2.34. The summed E-state index contributed by atoms with van der Waals surface area (Å²) in [5, 5.41) is 24.9. The number of hydrogen-bond acceptors (Lipinski definition) is 5. The van der Waals surface area contributed by atoms with E-state index >= 15 is 0 Å². The fourth-order valence-electron chi connectivity index (χ4n) is 3.45. The first kappa shape index (κ1) is 21.3. The van der Waals surface area contributed by atoms with Crippen LogP contribution in [0.3, 0.4) is 0 Å². The van der Waals surface area contributed by atoms with Crippen LogP contribution in [0.25, 0.3) is 0 Å². The second-order valence-corrected chi connectivity index (χ2v) is 6.99. The molecule has 1 saturated heterocycles. The Morgan fingerprint density at radius 3 is 2.67 bits per heavy atom. The fraction of sp³-hybridized carbons (Fsp3) is 0.526. The summed E-state index contributed by atoms with van der Waals surface area (Å²) < 4.78 is 1.87. The Labute approximate surface area is 166 Å². The van der Waals surface area contributed by atoms with Gasteiger partial charge in [-0.1, -0.05) is 35.5 Å². The van der Waals surface area contributed by atoms with E-state index in [1.165, 1.54) is 0 Å². The van der Waals surface area contributed by atoms with Gasteiger partial charge >= 0.3 is 0 Å². The molecule has 1 aromatic carbocycles. The maximum Gasteiger partial charge on any atom is 0.273 e. The van der Waals surface area contributed by atoms with E-state index in [1.807, 2.05) is 48.9 Å². The number of aliphatic hydroxyl groups excluding tert-OH is 1. The standard InChI is InChI=1S/C19H27N5O2.ClH/c1-13(12-17(25)15-6-4-3-5-7-15)21-19(26)18-14(2)24(23-22-18)16-8-10-20-11-9-16;/h3-7,13,16-17,20,25H,8-12H2,1-2H3,(H,21,26);1H. The Balaban J connectivity index is 0.00000261. The van der Waals surface area contributed by atoms with Crippen LogP contribution in [0.5, 0.6) is 0 Å². The second kappa shape index (κ2) is 9.82. The highest BCUT2D eigenvalue weighted by atomic mass is 35.5. The highest BCUT2D eigenvalue weighted by molar-refractivity contribution is 5.93. The van der Waals surface area contributed by atoms with Gasteiger partial charge in [-0.3, -0.25) is 4.79 Å². The zero-order valence-electron chi connectivity index (χ0n) is 15.8. The van der Waals surface area contributed by atoms with E-state index in [0.717, 1.165) is 37.2 Å². The SMILES string of the molecule is Cc1c(C(=O)NC(C)CC(O)c2ccccc2)nnn1C1CCNCC1.Cl. The number of hydrogen-bond donors (Lipinski definition) is 3. The monoisotopic (exact) mass is 393 g/mol. The van der Waals surface area contributed by atoms with Crippen molar-refractivity contribution in [3.8, 4) is 0 Å². The third kappa shape index (κ3) is 5.28. The molecule has 2 heterocycles. The van der Waals surface area contributed by atoms with Crippen molar-refractivity contribution in [2.45, 2.75) is 51.3 Å². The second-order valence-electron chi connectivity index (χ2n) is 6.99. The number of piperidine rings is 1. The van der Waals surface area contributed by atoms with Crippen LogP contribution in [-0.2, 0) is 0 Å². The lowest BCUT2D eigenvalue weighted by molar-refractivity contribution is 0.0911. The molecule has 1 amide bonds. The summed E-state index contributed by atoms with van der Waals surface area (Å²) in [7, 11) is 0. The Bertz CT molecular complexity index is 731. The number of halogens is 1. The molecule has 148 valence electrons. The zero-order chi connectivity index (χ0) is 18.5. The number of carbonyl (C=O) groups is 1. The van der Waals surface area contributed by atoms with Crippen molar-refractivity contribution < 1.29 is 9.90 Å². The van der Waals surface area contributed by atoms with Crippen LogP contribution in [0.1, 0.15) is 60.1 Å². The molecule has 1 fully saturated rings. The van der Waals surface area contributed by atoms with E-state index in [1.54, 1.807) is 0 Å². The van der Waals surface area contributed by atoms with Gasteiger partial charge in [-0.2, -0.15) is 0 Å². The maximum absolute atomic E-state index is 12.6. The molecule has 0 spiro atoms. The number of amides is 1. The highest BCUT2D eigenvalue weighted by Gasteiger charge is 2.24. The summed E-state index contributed by atoms with van der Waals surface area (Å²) in [6, 6.07) is 9.58. The maximum atomic E-state index is 12.6. The molecule has 27 heavy (non-hydrogen) atoms. The Morgan fingerprint density at radius 1 is 1.33 bits per heavy atom. The van der Waals surface area contributed by atoms with Gasteiger partial charge in [0.05, 0.1) is 17.8 Å². The van der Waals surface area contributed by atoms with Crippen LogP contribution < -0.4 is 10.6 Å². The van der Waals surface area contributed by atoms with Crippen LogP contribution in [0.2, 0.25) is 0 Å². The molecular weight excluding hydrogens is 366 g/mol. The molecule has 3 N–H and O–H groups in total. The normalized spacial score (nSPS) is 17.0. The van der Waals surface area contributed by atoms with Crippen molar-refractivity contribution in [1.82, 2.24) is 25.6 Å². The van der Waals surface area contributed by atoms with E-state index in [2.05, 4.69) is 20.9 Å². The first-order valence-corrected chi connectivity index (χ1v) is 9.22. The molecule has 2 atom stereocenters. The molecule has 2 unspecified atom stereocenters. The van der Waals surface area contributed by atoms with E-state index in [0.29, 0.717) is 18.2 Å². The predicted molar refractivity (Wildman–Crippen MR) is 106 cm³/mol. The summed E-state index contributed by atoms with van der Waals surface area (Å²) in [6.45, 7) is 5.69. The van der Waals surface area contributed by atoms with E-state index in [4.69, 9.17) is 0 Å². The lowest BCUT2D eigenvalue weighted by Gasteiger charge is -2.23. The summed E-state index contributed by atoms with van der Waals surface area (Å²) in [6.07, 6.45) is 1.81. The number of rotatable bonds is 6. The van der Waals surface area contributed by atoms with E-state index in [-0.39, 0.29) is 24.4 Å². The fourth-order valence-corrected chi connectivity index (χ4v) is 3.45. The van der Waals surface area contributed by atoms with Gasteiger partial charge < -0.3 is 15.7 Å². The largest absolute Gasteiger partial charge is 0.388 e. The van der Waals surface area contributed by atoms with Crippen molar-refractivity contribution >= 4 is 18.3 Å². The minimum Gasteiger partial charge on any atom is -0.388 e. The van der Waals surface area contributed by atoms with Crippen LogP contribution in [0, 0.1) is 6.92 Å². The highest BCUT2D eigenvalue weighted by Crippen LogP contribution is 2.21. The van der Waals surface area contributed by atoms with Crippen molar-refractivity contribution in [3.05, 3.63) is 47.3 Å². The molecular formula is C19H28ClN5O2. The summed E-state index contributed by atoms with van der Waals surface area (Å²) in [5.41, 5.74) is 2.01. The smallest absolute Gasteiger partial charge is 0.273 e. The molecule has 2 aromatic rings. The molecule has 0 saturated carbocycles. The van der Waals surface area contributed by atoms with Crippen molar-refractivity contribution in [3.63, 3.8) is 0 Å². The number of aromatic nitrogens is 3. The minimum atomic E-state index is -0.613. The van der Waals surface area contributed by atoms with Gasteiger partial charge in [0.15, 0.2) is 5.69 Å². The minimum absolute atomic E-state index is 0. The number of nitrogens with zero attached hydrogens (tertiary/aromatic N) is 3. The molecule has 1 aliphatic heterocycles. The number of aliphatic hydroxyl groups is 1. The van der Waals surface area contributed by atoms with E-state index in [9.17, 15) is 9.90 Å². The summed E-state index contributed by atoms with van der Waals surface area (Å²) in [4.78, 5) is 12.6. The van der Waals surface area contributed by atoms with Gasteiger partial charge in [0.25, 0.3) is 5.91 Å². The first-order valence-electron chi connectivity index (χ1n) is 9.22. The molecule has 8 heteroatoms. The third-order valence-corrected chi connectivity index (χ3v) is 4.94. The number of benzene rings is 1. The first-order chi connectivity index (χ1) is 12.6. The Kier molecular flexibility index (Phi) is 7.77.